The van der Waals surface area contributed by atoms with Gasteiger partial charge in [-0.15, -0.1) is 11.8 Å². The van der Waals surface area contributed by atoms with E-state index in [4.69, 9.17) is 5.53 Å². The van der Waals surface area contributed by atoms with E-state index >= 15 is 0 Å². The van der Waals surface area contributed by atoms with E-state index in [1.165, 1.54) is 10.5 Å². The van der Waals surface area contributed by atoms with E-state index in [1.807, 2.05) is 12.1 Å². The number of azide groups is 1. The molecule has 1 unspecified atom stereocenters. The van der Waals surface area contributed by atoms with Gasteiger partial charge in [0.05, 0.1) is 5.25 Å². The normalized spacial score (nSPS) is 16.5. The number of fused-ring (bicyclic) bond motifs is 1. The third kappa shape index (κ3) is 3.91. The van der Waals surface area contributed by atoms with Gasteiger partial charge in [0, 0.05) is 22.9 Å². The first-order chi connectivity index (χ1) is 9.31. The number of hydrogen-bond donors (Lipinski definition) is 1. The molecule has 0 spiro atoms. The summed E-state index contributed by atoms with van der Waals surface area (Å²) in [5.41, 5.74) is 9.39. The molecule has 5 nitrogen and oxygen atoms in total. The van der Waals surface area contributed by atoms with Crippen LogP contribution in [0.3, 0.4) is 0 Å². The summed E-state index contributed by atoms with van der Waals surface area (Å²) in [6, 6.07) is 8.15. The van der Waals surface area contributed by atoms with Gasteiger partial charge in [-0.05, 0) is 36.4 Å². The second kappa shape index (κ2) is 7.07. The number of thioether (sulfide) groups is 1. The largest absolute Gasteiger partial charge is 0.355 e. The highest BCUT2D eigenvalue weighted by molar-refractivity contribution is 8.01. The van der Waals surface area contributed by atoms with Gasteiger partial charge in [0.15, 0.2) is 0 Å². The van der Waals surface area contributed by atoms with Crippen molar-refractivity contribution in [2.24, 2.45) is 5.11 Å². The Morgan fingerprint density at radius 2 is 2.32 bits per heavy atom. The van der Waals surface area contributed by atoms with Crippen LogP contribution in [0.4, 0.5) is 0 Å². The molecule has 19 heavy (non-hydrogen) atoms. The summed E-state index contributed by atoms with van der Waals surface area (Å²) in [7, 11) is 0. The van der Waals surface area contributed by atoms with Crippen molar-refractivity contribution in [3.63, 3.8) is 0 Å². The van der Waals surface area contributed by atoms with Gasteiger partial charge in [0.1, 0.15) is 0 Å². The number of unbranched alkanes of at least 4 members (excludes halogenated alkanes) is 1. The van der Waals surface area contributed by atoms with Gasteiger partial charge in [0.2, 0.25) is 5.91 Å². The smallest absolute Gasteiger partial charge is 0.233 e. The van der Waals surface area contributed by atoms with Crippen molar-refractivity contribution in [2.75, 3.05) is 13.1 Å². The molecule has 0 saturated heterocycles. The van der Waals surface area contributed by atoms with Crippen LogP contribution in [0.2, 0.25) is 0 Å². The van der Waals surface area contributed by atoms with E-state index in [0.717, 1.165) is 19.3 Å². The third-order valence-electron chi connectivity index (χ3n) is 2.99. The Morgan fingerprint density at radius 3 is 3.11 bits per heavy atom. The lowest BCUT2D eigenvalue weighted by molar-refractivity contribution is -0.120. The molecule has 1 aromatic rings. The van der Waals surface area contributed by atoms with Gasteiger partial charge >= 0.3 is 0 Å². The Hall–Kier alpha value is -1.65. The van der Waals surface area contributed by atoms with Crippen LogP contribution in [0.25, 0.3) is 10.4 Å². The predicted octanol–water partition coefficient (Wildman–Crippen LogP) is 2.91. The first-order valence-corrected chi connectivity index (χ1v) is 7.22. The molecule has 1 atom stereocenters. The molecular formula is C13H16N4OS. The number of hydrogen-bond acceptors (Lipinski definition) is 3. The Bertz CT molecular complexity index is 474. The molecule has 1 aliphatic rings. The number of nitrogens with zero attached hydrogens (tertiary/aromatic N) is 3. The van der Waals surface area contributed by atoms with Crippen molar-refractivity contribution < 1.29 is 4.79 Å². The van der Waals surface area contributed by atoms with E-state index in [0.29, 0.717) is 13.1 Å². The van der Waals surface area contributed by atoms with Gasteiger partial charge < -0.3 is 5.32 Å². The van der Waals surface area contributed by atoms with E-state index in [1.54, 1.807) is 11.8 Å². The molecule has 0 aromatic heterocycles. The van der Waals surface area contributed by atoms with Gasteiger partial charge in [0.25, 0.3) is 0 Å². The van der Waals surface area contributed by atoms with Crippen LogP contribution in [-0.2, 0) is 11.2 Å². The molecule has 0 bridgehead atoms. The average Bonchev–Trinajstić information content (AvgIpc) is 2.86. The number of carbonyl (C=O) groups excluding carboxylic acids is 1. The maximum atomic E-state index is 12.0. The minimum Gasteiger partial charge on any atom is -0.355 e. The Morgan fingerprint density at radius 1 is 1.47 bits per heavy atom. The van der Waals surface area contributed by atoms with Crippen LogP contribution >= 0.6 is 11.8 Å². The minimum atomic E-state index is -0.00507. The monoisotopic (exact) mass is 276 g/mol. The second-order valence-electron chi connectivity index (χ2n) is 4.37. The SMILES string of the molecule is [N-]=[N+]=NCCCCNC(=O)C1Cc2ccccc2S1. The Balaban J connectivity index is 1.70. The molecule has 0 fully saturated rings. The zero-order chi connectivity index (χ0) is 13.5. The standard InChI is InChI=1S/C13H16N4OS/c14-17-16-8-4-3-7-15-13(18)12-9-10-5-1-2-6-11(10)19-12/h1-2,5-6,12H,3-4,7-9H2,(H,15,18). The molecule has 1 heterocycles. The second-order valence-corrected chi connectivity index (χ2v) is 5.62. The van der Waals surface area contributed by atoms with Gasteiger partial charge in [-0.3, -0.25) is 4.79 Å². The Labute approximate surface area is 116 Å². The van der Waals surface area contributed by atoms with Crippen molar-refractivity contribution in [1.82, 2.24) is 5.32 Å². The van der Waals surface area contributed by atoms with E-state index in [9.17, 15) is 4.79 Å². The molecule has 6 heteroatoms. The molecule has 1 N–H and O–H groups in total. The molecule has 0 aliphatic carbocycles. The molecule has 1 aliphatic heterocycles. The minimum absolute atomic E-state index is 0.00507. The van der Waals surface area contributed by atoms with Crippen LogP contribution in [-0.4, -0.2) is 24.2 Å². The maximum Gasteiger partial charge on any atom is 0.233 e. The first-order valence-electron chi connectivity index (χ1n) is 6.34. The average molecular weight is 276 g/mol. The van der Waals surface area contributed by atoms with Crippen LogP contribution in [0.15, 0.2) is 34.3 Å². The molecule has 1 aromatic carbocycles. The summed E-state index contributed by atoms with van der Waals surface area (Å²) >= 11 is 1.64. The fourth-order valence-electron chi connectivity index (χ4n) is 2.01. The molecule has 100 valence electrons. The third-order valence-corrected chi connectivity index (χ3v) is 4.30. The van der Waals surface area contributed by atoms with Crippen LogP contribution in [0, 0.1) is 0 Å². The van der Waals surface area contributed by atoms with Crippen molar-refractivity contribution >= 4 is 17.7 Å². The highest BCUT2D eigenvalue weighted by atomic mass is 32.2. The molecule has 2 rings (SSSR count). The zero-order valence-corrected chi connectivity index (χ0v) is 11.4. The van der Waals surface area contributed by atoms with Crippen LogP contribution in [0.1, 0.15) is 18.4 Å². The maximum absolute atomic E-state index is 12.0. The van der Waals surface area contributed by atoms with Crippen molar-refractivity contribution in [1.29, 1.82) is 0 Å². The quantitative estimate of drug-likeness (QED) is 0.375. The molecule has 1 amide bonds. The van der Waals surface area contributed by atoms with Crippen molar-refractivity contribution in [3.05, 3.63) is 40.3 Å². The summed E-state index contributed by atoms with van der Waals surface area (Å²) in [6.07, 6.45) is 2.46. The van der Waals surface area contributed by atoms with Crippen LogP contribution < -0.4 is 5.32 Å². The number of carbonyl (C=O) groups is 1. The van der Waals surface area contributed by atoms with Crippen molar-refractivity contribution in [3.8, 4) is 0 Å². The van der Waals surface area contributed by atoms with E-state index in [2.05, 4.69) is 27.5 Å². The molecule has 0 radical (unpaired) electrons. The highest BCUT2D eigenvalue weighted by Crippen LogP contribution is 2.36. The summed E-state index contributed by atoms with van der Waals surface area (Å²) < 4.78 is 0. The van der Waals surface area contributed by atoms with E-state index in [-0.39, 0.29) is 11.2 Å². The number of amides is 1. The lowest BCUT2D eigenvalue weighted by Gasteiger charge is -2.09. The van der Waals surface area contributed by atoms with Gasteiger partial charge in [-0.25, -0.2) is 0 Å². The zero-order valence-electron chi connectivity index (χ0n) is 10.6. The molecular weight excluding hydrogens is 260 g/mol. The lowest BCUT2D eigenvalue weighted by atomic mass is 10.1. The number of benzene rings is 1. The summed E-state index contributed by atoms with van der Waals surface area (Å²) in [4.78, 5) is 15.9. The first kappa shape index (κ1) is 13.8. The van der Waals surface area contributed by atoms with Crippen molar-refractivity contribution in [2.45, 2.75) is 29.4 Å². The predicted molar refractivity (Wildman–Crippen MR) is 76.0 cm³/mol. The summed E-state index contributed by atoms with van der Waals surface area (Å²) in [5, 5.41) is 6.39. The topological polar surface area (TPSA) is 77.9 Å². The highest BCUT2D eigenvalue weighted by Gasteiger charge is 2.27. The fourth-order valence-corrected chi connectivity index (χ4v) is 3.23. The van der Waals surface area contributed by atoms with E-state index < -0.39 is 0 Å². The van der Waals surface area contributed by atoms with Gasteiger partial charge in [-0.1, -0.05) is 23.3 Å². The summed E-state index contributed by atoms with van der Waals surface area (Å²) in [5.74, 6) is 0.102. The Kier molecular flexibility index (Phi) is 5.12. The fraction of sp³-hybridized carbons (Fsp3) is 0.462. The lowest BCUT2D eigenvalue weighted by Crippen LogP contribution is -2.33. The number of rotatable bonds is 6. The van der Waals surface area contributed by atoms with Gasteiger partial charge in [-0.2, -0.15) is 0 Å². The molecule has 0 saturated carbocycles. The van der Waals surface area contributed by atoms with Crippen LogP contribution in [0.5, 0.6) is 0 Å². The summed E-state index contributed by atoms with van der Waals surface area (Å²) in [6.45, 7) is 1.14. The number of nitrogens with one attached hydrogen (secondary N) is 1.